The fraction of sp³-hybridized carbons (Fsp3) is 0.346. The van der Waals surface area contributed by atoms with Gasteiger partial charge in [-0.25, -0.2) is 4.98 Å². The average Bonchev–Trinajstić information content (AvgIpc) is 3.42. The van der Waals surface area contributed by atoms with E-state index in [0.717, 1.165) is 56.1 Å². The van der Waals surface area contributed by atoms with Crippen LogP contribution in [-0.4, -0.2) is 51.4 Å². The highest BCUT2D eigenvalue weighted by molar-refractivity contribution is 6.38. The number of hydrogen-bond acceptors (Lipinski definition) is 5. The van der Waals surface area contributed by atoms with Crippen LogP contribution in [0.2, 0.25) is 0 Å². The number of halogens is 3. The summed E-state index contributed by atoms with van der Waals surface area (Å²) in [5.41, 5.74) is 3.05. The fourth-order valence-electron chi connectivity index (χ4n) is 4.78. The van der Waals surface area contributed by atoms with Crippen molar-refractivity contribution in [2.45, 2.75) is 38.9 Å². The number of fused-ring (bicyclic) bond motifs is 1. The molecule has 3 aromatic rings. The largest absolute Gasteiger partial charge is 0.433 e. The number of rotatable bonds is 5. The number of carbonyl (C=O) groups is 1. The molecule has 1 aromatic carbocycles. The predicted octanol–water partition coefficient (Wildman–Crippen LogP) is 4.94. The molecule has 1 fully saturated rings. The van der Waals surface area contributed by atoms with Gasteiger partial charge in [0.15, 0.2) is 0 Å². The summed E-state index contributed by atoms with van der Waals surface area (Å²) in [5.74, 6) is 0.0414. The highest BCUT2D eigenvalue weighted by Crippen LogP contribution is 2.41. The van der Waals surface area contributed by atoms with Crippen molar-refractivity contribution < 1.29 is 18.0 Å². The number of likely N-dealkylation sites (tertiary alicyclic amines) is 1. The summed E-state index contributed by atoms with van der Waals surface area (Å²) in [7, 11) is 0. The molecule has 7 nitrogen and oxygen atoms in total. The van der Waals surface area contributed by atoms with E-state index in [0.29, 0.717) is 39.8 Å². The Morgan fingerprint density at radius 1 is 1.14 bits per heavy atom. The van der Waals surface area contributed by atoms with E-state index in [1.165, 1.54) is 6.07 Å². The fourth-order valence-corrected chi connectivity index (χ4v) is 4.78. The van der Waals surface area contributed by atoms with Gasteiger partial charge in [0.05, 0.1) is 5.57 Å². The molecule has 1 saturated heterocycles. The number of benzene rings is 1. The molecular weight excluding hydrogens is 469 g/mol. The normalized spacial score (nSPS) is 18.2. The van der Waals surface area contributed by atoms with Gasteiger partial charge < -0.3 is 20.5 Å². The van der Waals surface area contributed by atoms with E-state index >= 15 is 0 Å². The summed E-state index contributed by atoms with van der Waals surface area (Å²) in [6.07, 6.45) is 0.246. The minimum atomic E-state index is -4.56. The zero-order chi connectivity index (χ0) is 25.4. The van der Waals surface area contributed by atoms with Crippen LogP contribution in [0.15, 0.2) is 42.7 Å². The van der Waals surface area contributed by atoms with Gasteiger partial charge in [-0.2, -0.15) is 13.2 Å². The molecule has 2 aromatic heterocycles. The van der Waals surface area contributed by atoms with Crippen molar-refractivity contribution in [3.05, 3.63) is 71.1 Å². The summed E-state index contributed by atoms with van der Waals surface area (Å²) in [6.45, 7) is 7.09. The molecule has 0 aliphatic carbocycles. The maximum atomic E-state index is 13.2. The Balaban J connectivity index is 1.56. The quantitative estimate of drug-likeness (QED) is 0.436. The lowest BCUT2D eigenvalue weighted by atomic mass is 9.95. The van der Waals surface area contributed by atoms with E-state index in [1.54, 1.807) is 6.20 Å². The van der Waals surface area contributed by atoms with Crippen molar-refractivity contribution in [2.75, 3.05) is 30.3 Å². The minimum Gasteiger partial charge on any atom is -0.382 e. The number of aromatic amines is 1. The van der Waals surface area contributed by atoms with Gasteiger partial charge in [0.2, 0.25) is 0 Å². The first kappa shape index (κ1) is 24.1. The number of H-pyrrole nitrogens is 1. The predicted molar refractivity (Wildman–Crippen MR) is 132 cm³/mol. The van der Waals surface area contributed by atoms with E-state index < -0.39 is 11.9 Å². The molecule has 4 heterocycles. The Morgan fingerprint density at radius 2 is 1.92 bits per heavy atom. The standard InChI is InChI=1S/C26H27F3N6O/c1-3-35-10-8-17(9-11-35)33-18-5-6-20-19(12-18)23(25(36)34-20)22(24-31-13-15(2)32-24)16-4-7-21(30-14-16)26(27,28)29/h4-7,12-14,17,33H,3,8-11H2,1-2H3,(H,31,32)(H,34,36)/b23-22-. The van der Waals surface area contributed by atoms with Gasteiger partial charge in [-0.1, -0.05) is 13.0 Å². The van der Waals surface area contributed by atoms with Crippen LogP contribution in [0.3, 0.4) is 0 Å². The molecule has 5 rings (SSSR count). The lowest BCUT2D eigenvalue weighted by Crippen LogP contribution is -2.38. The number of hydrogen-bond donors (Lipinski definition) is 3. The van der Waals surface area contributed by atoms with Gasteiger partial charge >= 0.3 is 6.18 Å². The molecule has 0 bridgehead atoms. The molecule has 0 saturated carbocycles. The Morgan fingerprint density at radius 3 is 2.53 bits per heavy atom. The van der Waals surface area contributed by atoms with Crippen molar-refractivity contribution in [1.82, 2.24) is 19.9 Å². The number of piperidine rings is 1. The second-order valence-electron chi connectivity index (χ2n) is 9.16. The van der Waals surface area contributed by atoms with E-state index in [2.05, 4.69) is 37.4 Å². The molecule has 0 radical (unpaired) electrons. The van der Waals surface area contributed by atoms with Gasteiger partial charge in [0.1, 0.15) is 11.5 Å². The first-order valence-corrected chi connectivity index (χ1v) is 12.0. The molecule has 10 heteroatoms. The molecule has 2 aliphatic rings. The minimum absolute atomic E-state index is 0.328. The van der Waals surface area contributed by atoms with Crippen LogP contribution in [0.5, 0.6) is 0 Å². The third-order valence-corrected chi connectivity index (χ3v) is 6.70. The Hall–Kier alpha value is -3.66. The van der Waals surface area contributed by atoms with Crippen molar-refractivity contribution in [3.63, 3.8) is 0 Å². The topological polar surface area (TPSA) is 85.9 Å². The summed E-state index contributed by atoms with van der Waals surface area (Å²) < 4.78 is 39.4. The second-order valence-corrected chi connectivity index (χ2v) is 9.16. The smallest absolute Gasteiger partial charge is 0.382 e. The Bertz CT molecular complexity index is 1300. The molecule has 0 atom stereocenters. The van der Waals surface area contributed by atoms with Crippen molar-refractivity contribution >= 4 is 28.4 Å². The Labute approximate surface area is 206 Å². The Kier molecular flexibility index (Phi) is 6.29. The van der Waals surface area contributed by atoms with Gasteiger partial charge in [-0.15, -0.1) is 0 Å². The molecule has 188 valence electrons. The van der Waals surface area contributed by atoms with E-state index in [1.807, 2.05) is 25.1 Å². The number of nitrogens with zero attached hydrogens (tertiary/aromatic N) is 3. The summed E-state index contributed by atoms with van der Waals surface area (Å²) in [4.78, 5) is 26.7. The van der Waals surface area contributed by atoms with E-state index in [4.69, 9.17) is 0 Å². The number of aromatic nitrogens is 3. The number of amides is 1. The van der Waals surface area contributed by atoms with Crippen LogP contribution in [0.1, 0.15) is 48.1 Å². The van der Waals surface area contributed by atoms with Crippen molar-refractivity contribution in [2.24, 2.45) is 0 Å². The van der Waals surface area contributed by atoms with Crippen molar-refractivity contribution in [3.8, 4) is 0 Å². The third-order valence-electron chi connectivity index (χ3n) is 6.70. The lowest BCUT2D eigenvalue weighted by Gasteiger charge is -2.32. The summed E-state index contributed by atoms with van der Waals surface area (Å²) in [6, 6.07) is 8.27. The second kappa shape index (κ2) is 9.42. The monoisotopic (exact) mass is 496 g/mol. The van der Waals surface area contributed by atoms with Gasteiger partial charge in [0, 0.05) is 65.3 Å². The van der Waals surface area contributed by atoms with Gasteiger partial charge in [-0.05, 0) is 50.6 Å². The zero-order valence-corrected chi connectivity index (χ0v) is 20.0. The number of alkyl halides is 3. The lowest BCUT2D eigenvalue weighted by molar-refractivity contribution is -0.141. The van der Waals surface area contributed by atoms with Crippen molar-refractivity contribution in [1.29, 1.82) is 0 Å². The van der Waals surface area contributed by atoms with Crippen LogP contribution < -0.4 is 10.6 Å². The molecule has 0 unspecified atom stereocenters. The SMILES string of the molecule is CCN1CCC(Nc2ccc3c(c2)/C(=C(\c2ccc(C(F)(F)F)nc2)c2ncc(C)[nH]2)C(=O)N3)CC1. The molecule has 0 spiro atoms. The molecular formula is C26H27F3N6O. The van der Waals surface area contributed by atoms with Gasteiger partial charge in [0.25, 0.3) is 5.91 Å². The first-order valence-electron chi connectivity index (χ1n) is 12.0. The van der Waals surface area contributed by atoms with Crippen LogP contribution in [0.4, 0.5) is 24.5 Å². The van der Waals surface area contributed by atoms with Crippen LogP contribution in [-0.2, 0) is 11.0 Å². The zero-order valence-electron chi connectivity index (χ0n) is 20.0. The number of imidazole rings is 1. The van der Waals surface area contributed by atoms with E-state index in [9.17, 15) is 18.0 Å². The molecule has 2 aliphatic heterocycles. The number of pyridine rings is 1. The maximum Gasteiger partial charge on any atom is 0.433 e. The summed E-state index contributed by atoms with van der Waals surface area (Å²) in [5, 5.41) is 6.47. The maximum absolute atomic E-state index is 13.2. The molecule has 1 amide bonds. The van der Waals surface area contributed by atoms with Crippen LogP contribution >= 0.6 is 0 Å². The number of aryl methyl sites for hydroxylation is 1. The number of anilines is 2. The molecule has 36 heavy (non-hydrogen) atoms. The van der Waals surface area contributed by atoms with Crippen LogP contribution in [0, 0.1) is 6.92 Å². The summed E-state index contributed by atoms with van der Waals surface area (Å²) >= 11 is 0. The number of nitrogens with one attached hydrogen (secondary N) is 3. The molecule has 3 N–H and O–H groups in total. The van der Waals surface area contributed by atoms with E-state index in [-0.39, 0.29) is 5.91 Å². The van der Waals surface area contributed by atoms with Gasteiger partial charge in [-0.3, -0.25) is 9.78 Å². The highest BCUT2D eigenvalue weighted by atomic mass is 19.4. The van der Waals surface area contributed by atoms with Crippen LogP contribution in [0.25, 0.3) is 11.1 Å². The first-order chi connectivity index (χ1) is 17.2. The highest BCUT2D eigenvalue weighted by Gasteiger charge is 2.34. The number of carbonyl (C=O) groups excluding carboxylic acids is 1. The average molecular weight is 497 g/mol. The third kappa shape index (κ3) is 4.73.